The van der Waals surface area contributed by atoms with E-state index >= 15 is 0 Å². The maximum absolute atomic E-state index is 12.9. The number of thioether (sulfide) groups is 1. The predicted molar refractivity (Wildman–Crippen MR) is 122 cm³/mol. The summed E-state index contributed by atoms with van der Waals surface area (Å²) >= 11 is 7.60. The molecule has 0 aliphatic carbocycles. The van der Waals surface area contributed by atoms with Crippen molar-refractivity contribution in [1.82, 2.24) is 18.7 Å². The van der Waals surface area contributed by atoms with Crippen LogP contribution in [0, 0.1) is 0 Å². The van der Waals surface area contributed by atoms with Crippen LogP contribution in [0.25, 0.3) is 11.2 Å². The summed E-state index contributed by atoms with van der Waals surface area (Å²) < 4.78 is 4.45. The van der Waals surface area contributed by atoms with E-state index in [9.17, 15) is 9.59 Å². The summed E-state index contributed by atoms with van der Waals surface area (Å²) in [7, 11) is 3.13. The molecule has 30 heavy (non-hydrogen) atoms. The molecule has 0 N–H and O–H groups in total. The van der Waals surface area contributed by atoms with E-state index in [1.807, 2.05) is 47.0 Å². The van der Waals surface area contributed by atoms with Crippen molar-refractivity contribution < 1.29 is 0 Å². The maximum atomic E-state index is 12.9. The maximum Gasteiger partial charge on any atom is 0.332 e. The van der Waals surface area contributed by atoms with Crippen molar-refractivity contribution in [3.8, 4) is 0 Å². The molecule has 0 bridgehead atoms. The Hall–Kier alpha value is -2.77. The number of fused-ring (bicyclic) bond motifs is 1. The molecule has 0 amide bonds. The molecule has 154 valence electrons. The van der Waals surface area contributed by atoms with Crippen LogP contribution in [0.4, 0.5) is 0 Å². The lowest BCUT2D eigenvalue weighted by Crippen LogP contribution is -2.37. The third-order valence-corrected chi connectivity index (χ3v) is 6.26. The van der Waals surface area contributed by atoms with Gasteiger partial charge in [0, 0.05) is 24.9 Å². The molecule has 6 nitrogen and oxygen atoms in total. The summed E-state index contributed by atoms with van der Waals surface area (Å²) in [6.45, 7) is 0.467. The van der Waals surface area contributed by atoms with Gasteiger partial charge in [-0.15, -0.1) is 0 Å². The van der Waals surface area contributed by atoms with Crippen molar-refractivity contribution in [3.05, 3.63) is 91.6 Å². The summed E-state index contributed by atoms with van der Waals surface area (Å²) in [5, 5.41) is 1.37. The van der Waals surface area contributed by atoms with E-state index in [0.29, 0.717) is 27.9 Å². The Bertz CT molecular complexity index is 1310. The number of imidazole rings is 1. The molecule has 4 rings (SSSR count). The Kier molecular flexibility index (Phi) is 5.83. The van der Waals surface area contributed by atoms with Gasteiger partial charge in [-0.25, -0.2) is 9.78 Å². The Morgan fingerprint density at radius 1 is 0.933 bits per heavy atom. The van der Waals surface area contributed by atoms with Crippen LogP contribution in [0.1, 0.15) is 11.1 Å². The summed E-state index contributed by atoms with van der Waals surface area (Å²) in [4.78, 5) is 30.0. The van der Waals surface area contributed by atoms with Gasteiger partial charge in [0.15, 0.2) is 16.3 Å². The molecule has 0 spiro atoms. The smallest absolute Gasteiger partial charge is 0.309 e. The van der Waals surface area contributed by atoms with Crippen LogP contribution in [0.5, 0.6) is 0 Å². The number of hydrogen-bond donors (Lipinski definition) is 0. The fourth-order valence-electron chi connectivity index (χ4n) is 3.36. The first-order chi connectivity index (χ1) is 14.5. The van der Waals surface area contributed by atoms with Crippen molar-refractivity contribution in [2.24, 2.45) is 14.1 Å². The van der Waals surface area contributed by atoms with E-state index in [4.69, 9.17) is 11.6 Å². The minimum Gasteiger partial charge on any atom is -0.309 e. The van der Waals surface area contributed by atoms with E-state index in [2.05, 4.69) is 17.1 Å². The zero-order chi connectivity index (χ0) is 21.3. The Balaban J connectivity index is 1.76. The predicted octanol–water partition coefficient (Wildman–Crippen LogP) is 3.47. The number of halogens is 1. The van der Waals surface area contributed by atoms with Crippen molar-refractivity contribution in [2.75, 3.05) is 5.75 Å². The molecule has 2 aromatic carbocycles. The fourth-order valence-corrected chi connectivity index (χ4v) is 4.47. The molecule has 0 saturated heterocycles. The van der Waals surface area contributed by atoms with Crippen molar-refractivity contribution in [2.45, 2.75) is 18.1 Å². The van der Waals surface area contributed by atoms with Crippen LogP contribution < -0.4 is 11.2 Å². The molecule has 4 aromatic rings. The summed E-state index contributed by atoms with van der Waals surface area (Å²) in [5.74, 6) is 0.808. The lowest BCUT2D eigenvalue weighted by Gasteiger charge is -2.10. The van der Waals surface area contributed by atoms with Gasteiger partial charge in [-0.05, 0) is 29.7 Å². The quantitative estimate of drug-likeness (QED) is 0.431. The average molecular weight is 441 g/mol. The molecule has 0 aliphatic rings. The van der Waals surface area contributed by atoms with Gasteiger partial charge in [0.2, 0.25) is 0 Å². The van der Waals surface area contributed by atoms with Gasteiger partial charge in [-0.3, -0.25) is 13.9 Å². The Morgan fingerprint density at radius 3 is 2.33 bits per heavy atom. The Morgan fingerprint density at radius 2 is 1.63 bits per heavy atom. The largest absolute Gasteiger partial charge is 0.332 e. The number of rotatable bonds is 6. The molecular formula is C22H21ClN4O2S. The van der Waals surface area contributed by atoms with Crippen molar-refractivity contribution in [3.63, 3.8) is 0 Å². The van der Waals surface area contributed by atoms with Crippen molar-refractivity contribution >= 4 is 34.5 Å². The lowest BCUT2D eigenvalue weighted by atomic mass is 10.2. The van der Waals surface area contributed by atoms with Gasteiger partial charge < -0.3 is 4.57 Å². The van der Waals surface area contributed by atoms with Crippen LogP contribution >= 0.6 is 23.4 Å². The third kappa shape index (κ3) is 3.95. The van der Waals surface area contributed by atoms with Crippen LogP contribution in [-0.2, 0) is 27.1 Å². The number of aromatic nitrogens is 4. The molecule has 0 fully saturated rings. The van der Waals surface area contributed by atoms with Crippen molar-refractivity contribution in [1.29, 1.82) is 0 Å². The number of benzene rings is 2. The van der Waals surface area contributed by atoms with Crippen LogP contribution in [0.3, 0.4) is 0 Å². The molecular weight excluding hydrogens is 420 g/mol. The van der Waals surface area contributed by atoms with E-state index in [0.717, 1.165) is 22.3 Å². The van der Waals surface area contributed by atoms with Crippen LogP contribution in [-0.4, -0.2) is 24.4 Å². The van der Waals surface area contributed by atoms with Gasteiger partial charge in [0.05, 0.1) is 6.54 Å². The second-order valence-corrected chi connectivity index (χ2v) is 8.57. The highest BCUT2D eigenvalue weighted by molar-refractivity contribution is 7.99. The number of aryl methyl sites for hydroxylation is 2. The zero-order valence-corrected chi connectivity index (χ0v) is 18.3. The first-order valence-electron chi connectivity index (χ1n) is 9.53. The molecule has 0 radical (unpaired) electrons. The van der Waals surface area contributed by atoms with Gasteiger partial charge in [-0.2, -0.15) is 0 Å². The van der Waals surface area contributed by atoms with Gasteiger partial charge in [-0.1, -0.05) is 65.8 Å². The normalized spacial score (nSPS) is 11.3. The van der Waals surface area contributed by atoms with Gasteiger partial charge in [0.25, 0.3) is 5.56 Å². The topological polar surface area (TPSA) is 61.8 Å². The second kappa shape index (κ2) is 8.53. The number of hydrogen-bond acceptors (Lipinski definition) is 4. The second-order valence-electron chi connectivity index (χ2n) is 7.07. The molecule has 8 heteroatoms. The molecule has 0 unspecified atom stereocenters. The average Bonchev–Trinajstić information content (AvgIpc) is 3.11. The minimum atomic E-state index is -0.385. The molecule has 0 saturated carbocycles. The fraction of sp³-hybridized carbons (Fsp3) is 0.227. The van der Waals surface area contributed by atoms with Gasteiger partial charge in [0.1, 0.15) is 0 Å². The highest BCUT2D eigenvalue weighted by Crippen LogP contribution is 2.24. The third-order valence-electron chi connectivity index (χ3n) is 5.03. The van der Waals surface area contributed by atoms with E-state index in [-0.39, 0.29) is 11.2 Å². The first kappa shape index (κ1) is 20.5. The first-order valence-corrected chi connectivity index (χ1v) is 10.9. The number of nitrogens with zero attached hydrogens (tertiary/aromatic N) is 4. The van der Waals surface area contributed by atoms with E-state index in [1.165, 1.54) is 17.2 Å². The van der Waals surface area contributed by atoms with E-state index < -0.39 is 0 Å². The summed E-state index contributed by atoms with van der Waals surface area (Å²) in [5.41, 5.74) is 2.35. The highest BCUT2D eigenvalue weighted by Gasteiger charge is 2.19. The molecule has 2 heterocycles. The van der Waals surface area contributed by atoms with Crippen LogP contribution in [0.15, 0.2) is 69.3 Å². The highest BCUT2D eigenvalue weighted by atomic mass is 35.5. The standard InChI is InChI=1S/C22H21ClN4O2S/c1-25-19-18(20(28)26(2)22(25)29)27(14-16-8-10-17(23)11-9-16)21(24-19)30-13-12-15-6-4-3-5-7-15/h3-11H,12-14H2,1-2H3. The molecule has 2 aromatic heterocycles. The van der Waals surface area contributed by atoms with E-state index in [1.54, 1.807) is 18.8 Å². The minimum absolute atomic E-state index is 0.343. The van der Waals surface area contributed by atoms with Gasteiger partial charge >= 0.3 is 5.69 Å². The Labute approximate surface area is 182 Å². The SMILES string of the molecule is Cn1c(=O)c2c(nc(SCCc3ccccc3)n2Cc2ccc(Cl)cc2)n(C)c1=O. The molecule has 0 aliphatic heterocycles. The monoisotopic (exact) mass is 440 g/mol. The van der Waals surface area contributed by atoms with Crippen LogP contribution in [0.2, 0.25) is 5.02 Å². The zero-order valence-electron chi connectivity index (χ0n) is 16.7. The summed E-state index contributed by atoms with van der Waals surface area (Å²) in [6, 6.07) is 17.7. The summed E-state index contributed by atoms with van der Waals surface area (Å²) in [6.07, 6.45) is 0.882. The molecule has 0 atom stereocenters. The lowest BCUT2D eigenvalue weighted by molar-refractivity contribution is 0.696.